The highest BCUT2D eigenvalue weighted by Crippen LogP contribution is 2.23. The number of primary amides is 1. The van der Waals surface area contributed by atoms with Gasteiger partial charge in [0, 0.05) is 18.4 Å². The SMILES string of the molecule is CCN(CCCC[C@H](NC(=O)C(Cc1ccccc1)NC(=O)[C@H](C)NC(=O)CNC(=O)C1CCCCC1)C(=O)NC(C(N)=O)[C@@H](C)O)C(C)C. The lowest BCUT2D eigenvalue weighted by Crippen LogP contribution is -2.59. The van der Waals surface area contributed by atoms with Gasteiger partial charge in [0.2, 0.25) is 35.4 Å². The Morgan fingerprint density at radius 2 is 1.46 bits per heavy atom. The quantitative estimate of drug-likeness (QED) is 0.0903. The van der Waals surface area contributed by atoms with E-state index in [-0.39, 0.29) is 31.2 Å². The lowest BCUT2D eigenvalue weighted by molar-refractivity contribution is -0.135. The van der Waals surface area contributed by atoms with Crippen molar-refractivity contribution in [2.75, 3.05) is 19.6 Å². The molecule has 14 heteroatoms. The van der Waals surface area contributed by atoms with Gasteiger partial charge in [0.15, 0.2) is 0 Å². The molecule has 0 spiro atoms. The second-order valence-corrected chi connectivity index (χ2v) is 13.5. The summed E-state index contributed by atoms with van der Waals surface area (Å²) in [7, 11) is 0. The Balaban J connectivity index is 2.15. The molecule has 2 rings (SSSR count). The maximum atomic E-state index is 13.8. The highest BCUT2D eigenvalue weighted by Gasteiger charge is 2.31. The van der Waals surface area contributed by atoms with Crippen LogP contribution >= 0.6 is 0 Å². The zero-order chi connectivity index (χ0) is 37.2. The van der Waals surface area contributed by atoms with Crippen molar-refractivity contribution in [3.63, 3.8) is 0 Å². The van der Waals surface area contributed by atoms with Crippen LogP contribution in [0.15, 0.2) is 30.3 Å². The van der Waals surface area contributed by atoms with Gasteiger partial charge in [0.1, 0.15) is 24.2 Å². The Labute approximate surface area is 296 Å². The lowest BCUT2D eigenvalue weighted by Gasteiger charge is -2.27. The number of benzene rings is 1. The third kappa shape index (κ3) is 14.8. The minimum atomic E-state index is -1.37. The molecule has 1 aromatic carbocycles. The number of hydrogen-bond donors (Lipinski definition) is 7. The normalized spacial score (nSPS) is 16.4. The topological polar surface area (TPSA) is 212 Å². The molecule has 1 aliphatic carbocycles. The molecule has 0 aromatic heterocycles. The van der Waals surface area contributed by atoms with E-state index in [2.05, 4.69) is 52.3 Å². The number of carbonyl (C=O) groups excluding carboxylic acids is 6. The molecule has 0 aliphatic heterocycles. The molecule has 5 atom stereocenters. The van der Waals surface area contributed by atoms with Crippen molar-refractivity contribution in [3.05, 3.63) is 35.9 Å². The summed E-state index contributed by atoms with van der Waals surface area (Å²) in [5.41, 5.74) is 6.14. The van der Waals surface area contributed by atoms with E-state index < -0.39 is 59.8 Å². The molecule has 1 aromatic rings. The third-order valence-electron chi connectivity index (χ3n) is 9.13. The van der Waals surface area contributed by atoms with Crippen LogP contribution in [0.5, 0.6) is 0 Å². The van der Waals surface area contributed by atoms with Gasteiger partial charge < -0.3 is 42.3 Å². The highest BCUT2D eigenvalue weighted by molar-refractivity contribution is 5.96. The van der Waals surface area contributed by atoms with Crippen molar-refractivity contribution < 1.29 is 33.9 Å². The second-order valence-electron chi connectivity index (χ2n) is 13.5. The fraction of sp³-hybridized carbons (Fsp3) is 0.667. The predicted octanol–water partition coefficient (Wildman–Crippen LogP) is 0.651. The number of amides is 6. The average molecular weight is 702 g/mol. The number of nitrogens with two attached hydrogens (primary N) is 1. The molecule has 2 unspecified atom stereocenters. The van der Waals surface area contributed by atoms with E-state index in [1.165, 1.54) is 13.8 Å². The van der Waals surface area contributed by atoms with E-state index in [0.29, 0.717) is 12.5 Å². The first-order chi connectivity index (χ1) is 23.7. The summed E-state index contributed by atoms with van der Waals surface area (Å²) in [6, 6.07) is 4.71. The van der Waals surface area contributed by atoms with E-state index in [9.17, 15) is 33.9 Å². The zero-order valence-electron chi connectivity index (χ0n) is 30.3. The average Bonchev–Trinajstić information content (AvgIpc) is 3.08. The number of nitrogens with one attached hydrogen (secondary N) is 5. The molecule has 0 heterocycles. The van der Waals surface area contributed by atoms with Gasteiger partial charge in [-0.1, -0.05) is 56.5 Å². The van der Waals surface area contributed by atoms with Crippen molar-refractivity contribution in [1.82, 2.24) is 31.5 Å². The standard InChI is InChI=1S/C36H59N7O7/c1-6-43(23(2)3)20-14-13-19-28(35(49)42-31(25(5)44)32(37)46)40-36(50)29(21-26-15-9-7-10-16-26)41-33(47)24(4)39-30(45)22-38-34(48)27-17-11-8-12-18-27/h7,9-10,15-16,23-25,27-29,31,44H,6,8,11-14,17-22H2,1-5H3,(H2,37,46)(H,38,48)(H,39,45)(H,40,50)(H,41,47)(H,42,49)/t24-,25+,28-,29?,31?/m0/s1. The Bertz CT molecular complexity index is 1250. The fourth-order valence-electron chi connectivity index (χ4n) is 6.06. The Morgan fingerprint density at radius 3 is 2.04 bits per heavy atom. The van der Waals surface area contributed by atoms with E-state index in [1.807, 2.05) is 6.07 Å². The summed E-state index contributed by atoms with van der Waals surface area (Å²) < 4.78 is 0. The summed E-state index contributed by atoms with van der Waals surface area (Å²) in [4.78, 5) is 79.8. The first-order valence-corrected chi connectivity index (χ1v) is 18.0. The molecule has 0 saturated heterocycles. The van der Waals surface area contributed by atoms with Crippen molar-refractivity contribution in [2.24, 2.45) is 11.7 Å². The van der Waals surface area contributed by atoms with Gasteiger partial charge in [-0.2, -0.15) is 0 Å². The smallest absolute Gasteiger partial charge is 0.243 e. The molecule has 8 N–H and O–H groups in total. The summed E-state index contributed by atoms with van der Waals surface area (Å²) in [6.07, 6.45) is 5.00. The van der Waals surface area contributed by atoms with Crippen molar-refractivity contribution in [3.8, 4) is 0 Å². The molecule has 280 valence electrons. The summed E-state index contributed by atoms with van der Waals surface area (Å²) >= 11 is 0. The molecule has 1 fully saturated rings. The van der Waals surface area contributed by atoms with Crippen LogP contribution in [0.3, 0.4) is 0 Å². The zero-order valence-corrected chi connectivity index (χ0v) is 30.3. The van der Waals surface area contributed by atoms with E-state index >= 15 is 0 Å². The monoisotopic (exact) mass is 701 g/mol. The van der Waals surface area contributed by atoms with Crippen LogP contribution in [-0.4, -0.2) is 101 Å². The van der Waals surface area contributed by atoms with Gasteiger partial charge in [-0.15, -0.1) is 0 Å². The Kier molecular flexibility index (Phi) is 18.5. The fourth-order valence-corrected chi connectivity index (χ4v) is 6.06. The summed E-state index contributed by atoms with van der Waals surface area (Å²) in [5, 5.41) is 23.2. The molecule has 6 amide bonds. The first-order valence-electron chi connectivity index (χ1n) is 18.0. The van der Waals surface area contributed by atoms with Crippen molar-refractivity contribution in [2.45, 2.75) is 129 Å². The molecular weight excluding hydrogens is 642 g/mol. The maximum Gasteiger partial charge on any atom is 0.243 e. The number of nitrogens with zero attached hydrogens (tertiary/aromatic N) is 1. The van der Waals surface area contributed by atoms with Gasteiger partial charge in [-0.3, -0.25) is 28.8 Å². The van der Waals surface area contributed by atoms with Gasteiger partial charge in [0.05, 0.1) is 12.6 Å². The van der Waals surface area contributed by atoms with Gasteiger partial charge >= 0.3 is 0 Å². The number of carbonyl (C=O) groups is 6. The minimum absolute atomic E-state index is 0.0856. The van der Waals surface area contributed by atoms with Crippen LogP contribution < -0.4 is 32.3 Å². The van der Waals surface area contributed by atoms with E-state index in [4.69, 9.17) is 5.73 Å². The number of unbranched alkanes of at least 4 members (excludes halogenated alkanes) is 1. The number of aliphatic hydroxyl groups is 1. The lowest BCUT2D eigenvalue weighted by atomic mass is 9.89. The molecular formula is C36H59N7O7. The summed E-state index contributed by atoms with van der Waals surface area (Å²) in [6.45, 7) is 10.4. The minimum Gasteiger partial charge on any atom is -0.391 e. The number of rotatable bonds is 21. The molecule has 0 radical (unpaired) electrons. The van der Waals surface area contributed by atoms with Crippen LogP contribution in [0.4, 0.5) is 0 Å². The number of aliphatic hydroxyl groups excluding tert-OH is 1. The molecule has 14 nitrogen and oxygen atoms in total. The Hall–Kier alpha value is -4.04. The molecule has 1 aliphatic rings. The first kappa shape index (κ1) is 42.1. The van der Waals surface area contributed by atoms with Gasteiger partial charge in [0.25, 0.3) is 0 Å². The third-order valence-corrected chi connectivity index (χ3v) is 9.13. The van der Waals surface area contributed by atoms with Crippen molar-refractivity contribution >= 4 is 35.4 Å². The van der Waals surface area contributed by atoms with E-state index in [1.54, 1.807) is 24.3 Å². The van der Waals surface area contributed by atoms with Crippen molar-refractivity contribution in [1.29, 1.82) is 0 Å². The largest absolute Gasteiger partial charge is 0.391 e. The van der Waals surface area contributed by atoms with E-state index in [0.717, 1.165) is 57.2 Å². The predicted molar refractivity (Wildman–Crippen MR) is 190 cm³/mol. The van der Waals surface area contributed by atoms with Crippen LogP contribution in [0, 0.1) is 5.92 Å². The second kappa shape index (κ2) is 21.9. The Morgan fingerprint density at radius 1 is 0.840 bits per heavy atom. The van der Waals surface area contributed by atoms with Crippen LogP contribution in [0.1, 0.15) is 91.5 Å². The van der Waals surface area contributed by atoms with Gasteiger partial charge in [-0.05, 0) is 78.5 Å². The van der Waals surface area contributed by atoms with Gasteiger partial charge in [-0.25, -0.2) is 0 Å². The van der Waals surface area contributed by atoms with Crippen LogP contribution in [0.25, 0.3) is 0 Å². The number of hydrogen-bond acceptors (Lipinski definition) is 8. The highest BCUT2D eigenvalue weighted by atomic mass is 16.3. The molecule has 0 bridgehead atoms. The van der Waals surface area contributed by atoms with Crippen LogP contribution in [-0.2, 0) is 35.2 Å². The maximum absolute atomic E-state index is 13.8. The summed E-state index contributed by atoms with van der Waals surface area (Å²) in [5.74, 6) is -3.73. The molecule has 50 heavy (non-hydrogen) atoms. The molecule has 1 saturated carbocycles. The van der Waals surface area contributed by atoms with Crippen LogP contribution in [0.2, 0.25) is 0 Å².